The van der Waals surface area contributed by atoms with Gasteiger partial charge in [-0.3, -0.25) is 9.78 Å². The molecule has 0 unspecified atom stereocenters. The molecule has 1 aromatic rings. The molecule has 1 fully saturated rings. The van der Waals surface area contributed by atoms with Gasteiger partial charge in [0.1, 0.15) is 6.61 Å². The lowest BCUT2D eigenvalue weighted by Crippen LogP contribution is -2.41. The third kappa shape index (κ3) is 3.58. The molecular formula is C16H20N2O2. The van der Waals surface area contributed by atoms with Crippen LogP contribution in [0.15, 0.2) is 18.5 Å². The summed E-state index contributed by atoms with van der Waals surface area (Å²) in [4.78, 5) is 18.4. The number of hydrogen-bond donors (Lipinski definition) is 1. The van der Waals surface area contributed by atoms with Gasteiger partial charge in [0, 0.05) is 31.0 Å². The Morgan fingerprint density at radius 2 is 2.10 bits per heavy atom. The van der Waals surface area contributed by atoms with Crippen LogP contribution in [0.5, 0.6) is 0 Å². The fourth-order valence-electron chi connectivity index (χ4n) is 2.26. The second kappa shape index (κ2) is 6.06. The van der Waals surface area contributed by atoms with Crippen LogP contribution in [0, 0.1) is 17.3 Å². The molecule has 1 N–H and O–H groups in total. The van der Waals surface area contributed by atoms with Crippen LogP contribution in [0.2, 0.25) is 0 Å². The van der Waals surface area contributed by atoms with Crippen molar-refractivity contribution in [2.75, 3.05) is 19.7 Å². The Balaban J connectivity index is 2.10. The molecule has 0 aromatic carbocycles. The molecule has 106 valence electrons. The number of rotatable bonds is 1. The summed E-state index contributed by atoms with van der Waals surface area (Å²) in [6.07, 6.45) is 5.22. The van der Waals surface area contributed by atoms with Gasteiger partial charge in [0.05, 0.1) is 5.56 Å². The zero-order valence-electron chi connectivity index (χ0n) is 12.0. The molecule has 0 radical (unpaired) electrons. The fourth-order valence-corrected chi connectivity index (χ4v) is 2.26. The highest BCUT2D eigenvalue weighted by atomic mass is 16.2. The van der Waals surface area contributed by atoms with Gasteiger partial charge < -0.3 is 10.0 Å². The van der Waals surface area contributed by atoms with E-state index in [-0.39, 0.29) is 12.5 Å². The van der Waals surface area contributed by atoms with Gasteiger partial charge in [0.15, 0.2) is 0 Å². The van der Waals surface area contributed by atoms with E-state index in [2.05, 4.69) is 30.7 Å². The van der Waals surface area contributed by atoms with Crippen LogP contribution in [0.4, 0.5) is 0 Å². The van der Waals surface area contributed by atoms with Crippen molar-refractivity contribution in [3.05, 3.63) is 29.6 Å². The van der Waals surface area contributed by atoms with Gasteiger partial charge in [-0.2, -0.15) is 0 Å². The molecule has 2 rings (SSSR count). The molecule has 0 aliphatic carbocycles. The number of likely N-dealkylation sites (tertiary alicyclic amines) is 1. The highest BCUT2D eigenvalue weighted by Gasteiger charge is 2.28. The number of pyridine rings is 1. The first-order chi connectivity index (χ1) is 9.52. The maximum Gasteiger partial charge on any atom is 0.255 e. The van der Waals surface area contributed by atoms with Crippen molar-refractivity contribution in [3.8, 4) is 11.8 Å². The maximum atomic E-state index is 12.4. The summed E-state index contributed by atoms with van der Waals surface area (Å²) in [6.45, 7) is 5.86. The topological polar surface area (TPSA) is 53.4 Å². The number of piperidine rings is 1. The van der Waals surface area contributed by atoms with Gasteiger partial charge in [-0.05, 0) is 24.3 Å². The first kappa shape index (κ1) is 14.5. The summed E-state index contributed by atoms with van der Waals surface area (Å²) in [5.74, 6) is 5.35. The minimum Gasteiger partial charge on any atom is -0.384 e. The quantitative estimate of drug-likeness (QED) is 0.792. The van der Waals surface area contributed by atoms with Gasteiger partial charge in [-0.15, -0.1) is 0 Å². The summed E-state index contributed by atoms with van der Waals surface area (Å²) in [5.41, 5.74) is 1.54. The number of aliphatic hydroxyl groups excluding tert-OH is 1. The number of carbonyl (C=O) groups excluding carboxylic acids is 1. The minimum atomic E-state index is -0.195. The average molecular weight is 272 g/mol. The Labute approximate surface area is 119 Å². The van der Waals surface area contributed by atoms with Crippen LogP contribution in [0.3, 0.4) is 0 Å². The van der Waals surface area contributed by atoms with Crippen molar-refractivity contribution in [2.24, 2.45) is 5.41 Å². The number of hydrogen-bond acceptors (Lipinski definition) is 3. The van der Waals surface area contributed by atoms with E-state index in [9.17, 15) is 4.79 Å². The predicted octanol–water partition coefficient (Wildman–Crippen LogP) is 1.69. The van der Waals surface area contributed by atoms with E-state index in [0.717, 1.165) is 25.9 Å². The summed E-state index contributed by atoms with van der Waals surface area (Å²) in [7, 11) is 0. The molecule has 1 amide bonds. The van der Waals surface area contributed by atoms with Crippen molar-refractivity contribution in [3.63, 3.8) is 0 Å². The number of aromatic nitrogens is 1. The number of amides is 1. The first-order valence-electron chi connectivity index (χ1n) is 6.86. The SMILES string of the molecule is CC1(C)CCN(C(=O)c2cncc(C#CCO)c2)CC1. The van der Waals surface area contributed by atoms with Crippen molar-refractivity contribution in [2.45, 2.75) is 26.7 Å². The third-order valence-corrected chi connectivity index (χ3v) is 3.70. The molecule has 1 saturated heterocycles. The van der Waals surface area contributed by atoms with Crippen LogP contribution in [0.25, 0.3) is 0 Å². The van der Waals surface area contributed by atoms with E-state index in [0.29, 0.717) is 16.5 Å². The summed E-state index contributed by atoms with van der Waals surface area (Å²) in [5, 5.41) is 8.69. The second-order valence-corrected chi connectivity index (χ2v) is 5.88. The van der Waals surface area contributed by atoms with Crippen LogP contribution >= 0.6 is 0 Å². The number of aliphatic hydroxyl groups is 1. The third-order valence-electron chi connectivity index (χ3n) is 3.70. The molecule has 1 aliphatic rings. The fraction of sp³-hybridized carbons (Fsp3) is 0.500. The zero-order chi connectivity index (χ0) is 14.6. The standard InChI is InChI=1S/C16H20N2O2/c1-16(2)5-7-18(8-6-16)15(20)14-10-13(4-3-9-19)11-17-12-14/h10-12,19H,5-9H2,1-2H3. The Bertz CT molecular complexity index is 545. The van der Waals surface area contributed by atoms with Crippen LogP contribution in [0.1, 0.15) is 42.6 Å². The van der Waals surface area contributed by atoms with E-state index in [1.54, 1.807) is 18.5 Å². The number of nitrogens with zero attached hydrogens (tertiary/aromatic N) is 2. The minimum absolute atomic E-state index is 0.0145. The lowest BCUT2D eigenvalue weighted by atomic mass is 9.82. The van der Waals surface area contributed by atoms with E-state index in [1.165, 1.54) is 0 Å². The molecular weight excluding hydrogens is 252 g/mol. The Morgan fingerprint density at radius 1 is 1.40 bits per heavy atom. The molecule has 0 atom stereocenters. The molecule has 1 aromatic heterocycles. The van der Waals surface area contributed by atoms with E-state index in [1.807, 2.05) is 4.90 Å². The maximum absolute atomic E-state index is 12.4. The molecule has 0 spiro atoms. The summed E-state index contributed by atoms with van der Waals surface area (Å²) >= 11 is 0. The van der Waals surface area contributed by atoms with E-state index in [4.69, 9.17) is 5.11 Å². The van der Waals surface area contributed by atoms with Crippen LogP contribution < -0.4 is 0 Å². The predicted molar refractivity (Wildman–Crippen MR) is 77.1 cm³/mol. The molecule has 0 saturated carbocycles. The van der Waals surface area contributed by atoms with Gasteiger partial charge in [0.2, 0.25) is 0 Å². The molecule has 4 heteroatoms. The van der Waals surface area contributed by atoms with Crippen molar-refractivity contribution < 1.29 is 9.90 Å². The Kier molecular flexibility index (Phi) is 4.41. The Morgan fingerprint density at radius 3 is 2.75 bits per heavy atom. The average Bonchev–Trinajstić information content (AvgIpc) is 2.45. The van der Waals surface area contributed by atoms with Crippen LogP contribution in [-0.2, 0) is 0 Å². The van der Waals surface area contributed by atoms with Gasteiger partial charge >= 0.3 is 0 Å². The lowest BCUT2D eigenvalue weighted by Gasteiger charge is -2.36. The molecule has 20 heavy (non-hydrogen) atoms. The van der Waals surface area contributed by atoms with Crippen molar-refractivity contribution >= 4 is 5.91 Å². The molecule has 2 heterocycles. The lowest BCUT2D eigenvalue weighted by molar-refractivity contribution is 0.0630. The largest absolute Gasteiger partial charge is 0.384 e. The molecule has 4 nitrogen and oxygen atoms in total. The summed E-state index contributed by atoms with van der Waals surface area (Å²) in [6, 6.07) is 1.73. The van der Waals surface area contributed by atoms with Gasteiger partial charge in [0.25, 0.3) is 5.91 Å². The zero-order valence-corrected chi connectivity index (χ0v) is 12.0. The monoisotopic (exact) mass is 272 g/mol. The van der Waals surface area contributed by atoms with Crippen LogP contribution in [-0.4, -0.2) is 40.6 Å². The Hall–Kier alpha value is -1.86. The van der Waals surface area contributed by atoms with Crippen molar-refractivity contribution in [1.29, 1.82) is 0 Å². The summed E-state index contributed by atoms with van der Waals surface area (Å²) < 4.78 is 0. The molecule has 0 bridgehead atoms. The van der Waals surface area contributed by atoms with Crippen molar-refractivity contribution in [1.82, 2.24) is 9.88 Å². The highest BCUT2D eigenvalue weighted by molar-refractivity contribution is 5.94. The first-order valence-corrected chi connectivity index (χ1v) is 6.86. The van der Waals surface area contributed by atoms with Gasteiger partial charge in [-0.1, -0.05) is 25.7 Å². The smallest absolute Gasteiger partial charge is 0.255 e. The molecule has 1 aliphatic heterocycles. The highest BCUT2D eigenvalue weighted by Crippen LogP contribution is 2.30. The van der Waals surface area contributed by atoms with E-state index < -0.39 is 0 Å². The van der Waals surface area contributed by atoms with Gasteiger partial charge in [-0.25, -0.2) is 0 Å². The van der Waals surface area contributed by atoms with E-state index >= 15 is 0 Å². The normalized spacial score (nSPS) is 17.2. The number of carbonyl (C=O) groups is 1. The second-order valence-electron chi connectivity index (χ2n) is 5.88.